The number of carbonyl (C=O) groups excluding carboxylic acids is 2. The average molecular weight is 402 g/mol. The molecule has 138 valence electrons. The van der Waals surface area contributed by atoms with Crippen molar-refractivity contribution in [1.82, 2.24) is 20.1 Å². The molecule has 0 radical (unpaired) electrons. The zero-order chi connectivity index (χ0) is 19.2. The Bertz CT molecular complexity index is 944. The van der Waals surface area contributed by atoms with Crippen LogP contribution in [0.5, 0.6) is 0 Å². The molecule has 3 amide bonds. The lowest BCUT2D eigenvalue weighted by Gasteiger charge is -2.10. The Morgan fingerprint density at radius 1 is 1.07 bits per heavy atom. The highest BCUT2D eigenvalue weighted by Crippen LogP contribution is 2.28. The van der Waals surface area contributed by atoms with Gasteiger partial charge in [0.05, 0.1) is 0 Å². The van der Waals surface area contributed by atoms with E-state index in [2.05, 4.69) is 10.2 Å². The normalized spacial score (nSPS) is 10.6. The summed E-state index contributed by atoms with van der Waals surface area (Å²) in [7, 11) is 0. The first kappa shape index (κ1) is 18.9. The molecule has 3 N–H and O–H groups in total. The van der Waals surface area contributed by atoms with Crippen LogP contribution in [0.4, 0.5) is 4.79 Å². The van der Waals surface area contributed by atoms with Gasteiger partial charge in [0.15, 0.2) is 11.0 Å². The lowest BCUT2D eigenvalue weighted by atomic mass is 10.2. The summed E-state index contributed by atoms with van der Waals surface area (Å²) in [6.45, 7) is 0. The van der Waals surface area contributed by atoms with Gasteiger partial charge in [-0.3, -0.25) is 14.7 Å². The number of rotatable bonds is 6. The van der Waals surface area contributed by atoms with Crippen molar-refractivity contribution in [1.29, 1.82) is 0 Å². The van der Waals surface area contributed by atoms with Gasteiger partial charge in [-0.25, -0.2) is 4.79 Å². The van der Waals surface area contributed by atoms with E-state index in [0.717, 1.165) is 11.3 Å². The molecule has 3 aromatic rings. The van der Waals surface area contributed by atoms with E-state index in [-0.39, 0.29) is 6.42 Å². The number of benzene rings is 2. The summed E-state index contributed by atoms with van der Waals surface area (Å²) in [5, 5.41) is 11.9. The molecule has 0 unspecified atom stereocenters. The summed E-state index contributed by atoms with van der Waals surface area (Å²) in [4.78, 5) is 22.3. The monoisotopic (exact) mass is 401 g/mol. The Kier molecular flexibility index (Phi) is 6.10. The number of nitrogens with two attached hydrogens (primary N) is 1. The number of hydrogen-bond donors (Lipinski definition) is 2. The average Bonchev–Trinajstić information content (AvgIpc) is 3.06. The first-order chi connectivity index (χ1) is 13.0. The highest BCUT2D eigenvalue weighted by molar-refractivity contribution is 7.99. The molecule has 0 aliphatic carbocycles. The van der Waals surface area contributed by atoms with Crippen LogP contribution in [0.25, 0.3) is 17.1 Å². The van der Waals surface area contributed by atoms with Crippen LogP contribution in [0.3, 0.4) is 0 Å². The first-order valence-electron chi connectivity index (χ1n) is 8.03. The fourth-order valence-corrected chi connectivity index (χ4v) is 3.41. The summed E-state index contributed by atoms with van der Waals surface area (Å²) in [6, 6.07) is 16.2. The van der Waals surface area contributed by atoms with Gasteiger partial charge in [-0.05, 0) is 36.4 Å². The molecule has 0 bridgehead atoms. The van der Waals surface area contributed by atoms with Crippen LogP contribution in [-0.2, 0) is 4.79 Å². The van der Waals surface area contributed by atoms with E-state index in [1.807, 2.05) is 52.3 Å². The van der Waals surface area contributed by atoms with Gasteiger partial charge in [0.1, 0.15) is 0 Å². The van der Waals surface area contributed by atoms with E-state index in [4.69, 9.17) is 17.3 Å². The van der Waals surface area contributed by atoms with Crippen molar-refractivity contribution >= 4 is 35.3 Å². The Labute approximate surface area is 164 Å². The third-order valence-electron chi connectivity index (χ3n) is 3.57. The van der Waals surface area contributed by atoms with Crippen LogP contribution in [0, 0.1) is 0 Å². The van der Waals surface area contributed by atoms with Crippen LogP contribution in [-0.4, -0.2) is 32.5 Å². The SMILES string of the molecule is NC(=O)NC(=O)CCSc1nnc(-c2ccc(Cl)cc2)n1-c1ccccc1. The van der Waals surface area contributed by atoms with Crippen LogP contribution < -0.4 is 11.1 Å². The van der Waals surface area contributed by atoms with E-state index in [0.29, 0.717) is 21.8 Å². The molecule has 0 aliphatic heterocycles. The van der Waals surface area contributed by atoms with Crippen LogP contribution in [0.2, 0.25) is 5.02 Å². The van der Waals surface area contributed by atoms with E-state index in [1.165, 1.54) is 11.8 Å². The quantitative estimate of drug-likeness (QED) is 0.617. The fourth-order valence-electron chi connectivity index (χ4n) is 2.39. The number of carbonyl (C=O) groups is 2. The van der Waals surface area contributed by atoms with E-state index >= 15 is 0 Å². The third kappa shape index (κ3) is 4.87. The van der Waals surface area contributed by atoms with Crippen LogP contribution >= 0.6 is 23.4 Å². The molecular weight excluding hydrogens is 386 g/mol. The Morgan fingerprint density at radius 2 is 1.78 bits per heavy atom. The van der Waals surface area contributed by atoms with Gasteiger partial charge < -0.3 is 5.73 Å². The van der Waals surface area contributed by atoms with E-state index in [1.54, 1.807) is 12.1 Å². The van der Waals surface area contributed by atoms with Crippen LogP contribution in [0.15, 0.2) is 59.8 Å². The van der Waals surface area contributed by atoms with Crippen molar-refractivity contribution in [2.24, 2.45) is 5.73 Å². The molecule has 7 nitrogen and oxygen atoms in total. The first-order valence-corrected chi connectivity index (χ1v) is 9.40. The third-order valence-corrected chi connectivity index (χ3v) is 4.76. The summed E-state index contributed by atoms with van der Waals surface area (Å²) in [6.07, 6.45) is 0.130. The Balaban J connectivity index is 1.87. The van der Waals surface area contributed by atoms with Gasteiger partial charge in [0.25, 0.3) is 0 Å². The molecule has 2 aromatic carbocycles. The Morgan fingerprint density at radius 3 is 2.44 bits per heavy atom. The second-order valence-corrected chi connectivity index (χ2v) is 6.99. The largest absolute Gasteiger partial charge is 0.351 e. The van der Waals surface area contributed by atoms with Crippen molar-refractivity contribution in [3.63, 3.8) is 0 Å². The minimum absolute atomic E-state index is 0.130. The molecule has 0 spiro atoms. The fraction of sp³-hybridized carbons (Fsp3) is 0.111. The zero-order valence-corrected chi connectivity index (χ0v) is 15.7. The number of para-hydroxylation sites is 1. The van der Waals surface area contributed by atoms with Crippen molar-refractivity contribution in [2.75, 3.05) is 5.75 Å². The van der Waals surface area contributed by atoms with Crippen molar-refractivity contribution in [3.05, 3.63) is 59.6 Å². The predicted molar refractivity (Wildman–Crippen MR) is 105 cm³/mol. The van der Waals surface area contributed by atoms with E-state index < -0.39 is 11.9 Å². The molecular formula is C18H16ClN5O2S. The molecule has 0 saturated carbocycles. The number of halogens is 1. The number of primary amides is 1. The number of hydrogen-bond acceptors (Lipinski definition) is 5. The smallest absolute Gasteiger partial charge is 0.318 e. The van der Waals surface area contributed by atoms with E-state index in [9.17, 15) is 9.59 Å². The topological polar surface area (TPSA) is 103 Å². The van der Waals surface area contributed by atoms with Gasteiger partial charge in [0.2, 0.25) is 5.91 Å². The number of nitrogens with zero attached hydrogens (tertiary/aromatic N) is 3. The van der Waals surface area contributed by atoms with Crippen molar-refractivity contribution in [2.45, 2.75) is 11.6 Å². The van der Waals surface area contributed by atoms with Gasteiger partial charge in [0, 0.05) is 28.4 Å². The molecule has 0 fully saturated rings. The maximum Gasteiger partial charge on any atom is 0.318 e. The number of thioether (sulfide) groups is 1. The maximum atomic E-state index is 11.6. The predicted octanol–water partition coefficient (Wildman–Crippen LogP) is 3.26. The van der Waals surface area contributed by atoms with Crippen molar-refractivity contribution < 1.29 is 9.59 Å². The molecule has 1 aromatic heterocycles. The summed E-state index contributed by atoms with van der Waals surface area (Å²) >= 11 is 7.34. The maximum absolute atomic E-state index is 11.6. The standard InChI is InChI=1S/C18H16ClN5O2S/c19-13-8-6-12(7-9-13)16-22-23-18(24(16)14-4-2-1-3-5-14)27-11-10-15(25)21-17(20)26/h1-9H,10-11H2,(H3,20,21,25,26). The number of amides is 3. The minimum atomic E-state index is -0.859. The minimum Gasteiger partial charge on any atom is -0.351 e. The molecule has 0 saturated heterocycles. The molecule has 0 aliphatic rings. The molecule has 3 rings (SSSR count). The lowest BCUT2D eigenvalue weighted by molar-refractivity contribution is -0.119. The van der Waals surface area contributed by atoms with Crippen molar-refractivity contribution in [3.8, 4) is 17.1 Å². The second kappa shape index (κ2) is 8.70. The summed E-state index contributed by atoms with van der Waals surface area (Å²) in [5.74, 6) is 0.658. The number of imide groups is 1. The summed E-state index contributed by atoms with van der Waals surface area (Å²) < 4.78 is 1.92. The van der Waals surface area contributed by atoms with Gasteiger partial charge in [-0.15, -0.1) is 10.2 Å². The highest BCUT2D eigenvalue weighted by atomic mass is 35.5. The molecule has 0 atom stereocenters. The number of urea groups is 1. The van der Waals surface area contributed by atoms with Gasteiger partial charge >= 0.3 is 6.03 Å². The molecule has 27 heavy (non-hydrogen) atoms. The Hall–Kier alpha value is -2.84. The number of aromatic nitrogens is 3. The second-order valence-electron chi connectivity index (χ2n) is 5.49. The molecule has 9 heteroatoms. The van der Waals surface area contributed by atoms with Crippen LogP contribution in [0.1, 0.15) is 6.42 Å². The lowest BCUT2D eigenvalue weighted by Crippen LogP contribution is -2.35. The van der Waals surface area contributed by atoms with Gasteiger partial charge in [-0.1, -0.05) is 41.6 Å². The zero-order valence-electron chi connectivity index (χ0n) is 14.1. The summed E-state index contributed by atoms with van der Waals surface area (Å²) in [5.41, 5.74) is 6.71. The molecule has 1 heterocycles. The van der Waals surface area contributed by atoms with Gasteiger partial charge in [-0.2, -0.15) is 0 Å². The number of nitrogens with one attached hydrogen (secondary N) is 1. The highest BCUT2D eigenvalue weighted by Gasteiger charge is 2.16.